The van der Waals surface area contributed by atoms with Crippen LogP contribution in [0.4, 0.5) is 0 Å². The zero-order valence-corrected chi connectivity index (χ0v) is 16.3. The highest BCUT2D eigenvalue weighted by molar-refractivity contribution is 9.10. The summed E-state index contributed by atoms with van der Waals surface area (Å²) >= 11 is 4.95. The maximum atomic E-state index is 13.0. The zero-order chi connectivity index (χ0) is 18.1. The van der Waals surface area contributed by atoms with Crippen molar-refractivity contribution in [2.24, 2.45) is 5.10 Å². The molecule has 0 aliphatic carbocycles. The Hall–Kier alpha value is -2.57. The van der Waals surface area contributed by atoms with Crippen molar-refractivity contribution in [3.8, 4) is 11.1 Å². The SMILES string of the molecule is Cc1ccc(-c2csc3ncn(/N=C/c4ccccc4Br)c(=O)c23)cc1. The molecule has 0 unspecified atom stereocenters. The van der Waals surface area contributed by atoms with Gasteiger partial charge in [0.25, 0.3) is 5.56 Å². The van der Waals surface area contributed by atoms with Crippen LogP contribution in [-0.2, 0) is 0 Å². The van der Waals surface area contributed by atoms with Crippen LogP contribution in [0.15, 0.2) is 74.6 Å². The van der Waals surface area contributed by atoms with Gasteiger partial charge in [-0.05, 0) is 18.6 Å². The third-order valence-electron chi connectivity index (χ3n) is 4.07. The lowest BCUT2D eigenvalue weighted by molar-refractivity contribution is 0.819. The van der Waals surface area contributed by atoms with Gasteiger partial charge < -0.3 is 0 Å². The van der Waals surface area contributed by atoms with Crippen LogP contribution >= 0.6 is 27.3 Å². The molecule has 0 saturated heterocycles. The molecular formula is C20H14BrN3OS. The second-order valence-electron chi connectivity index (χ2n) is 5.86. The molecule has 4 nitrogen and oxygen atoms in total. The van der Waals surface area contributed by atoms with E-state index in [2.05, 4.69) is 26.0 Å². The van der Waals surface area contributed by atoms with Gasteiger partial charge in [-0.25, -0.2) is 4.98 Å². The van der Waals surface area contributed by atoms with E-state index in [9.17, 15) is 4.79 Å². The van der Waals surface area contributed by atoms with Gasteiger partial charge in [0.15, 0.2) is 0 Å². The number of fused-ring (bicyclic) bond motifs is 1. The second-order valence-corrected chi connectivity index (χ2v) is 7.57. The minimum atomic E-state index is -0.171. The summed E-state index contributed by atoms with van der Waals surface area (Å²) in [4.78, 5) is 18.1. The topological polar surface area (TPSA) is 47.2 Å². The first kappa shape index (κ1) is 16.9. The quantitative estimate of drug-likeness (QED) is 0.431. The average molecular weight is 424 g/mol. The van der Waals surface area contributed by atoms with Crippen molar-refractivity contribution in [1.82, 2.24) is 9.66 Å². The molecule has 0 saturated carbocycles. The number of aryl methyl sites for hydroxylation is 1. The van der Waals surface area contributed by atoms with Gasteiger partial charge in [-0.1, -0.05) is 64.0 Å². The van der Waals surface area contributed by atoms with Gasteiger partial charge in [0.2, 0.25) is 0 Å². The smallest absolute Gasteiger partial charge is 0.267 e. The van der Waals surface area contributed by atoms with Crippen LogP contribution in [0.1, 0.15) is 11.1 Å². The molecule has 26 heavy (non-hydrogen) atoms. The first-order chi connectivity index (χ1) is 12.6. The summed E-state index contributed by atoms with van der Waals surface area (Å²) < 4.78 is 2.20. The van der Waals surface area contributed by atoms with Crippen LogP contribution in [0.5, 0.6) is 0 Å². The molecule has 2 aromatic carbocycles. The highest BCUT2D eigenvalue weighted by Crippen LogP contribution is 2.30. The Morgan fingerprint density at radius 3 is 2.69 bits per heavy atom. The minimum Gasteiger partial charge on any atom is -0.267 e. The number of hydrogen-bond acceptors (Lipinski definition) is 4. The molecule has 2 aromatic heterocycles. The third-order valence-corrected chi connectivity index (χ3v) is 5.68. The molecular weight excluding hydrogens is 410 g/mol. The Morgan fingerprint density at radius 2 is 1.92 bits per heavy atom. The summed E-state index contributed by atoms with van der Waals surface area (Å²) in [5, 5.41) is 6.89. The maximum Gasteiger partial charge on any atom is 0.283 e. The number of halogens is 1. The molecule has 4 aromatic rings. The molecule has 6 heteroatoms. The van der Waals surface area contributed by atoms with E-state index in [0.29, 0.717) is 5.39 Å². The number of nitrogens with zero attached hydrogens (tertiary/aromatic N) is 3. The van der Waals surface area contributed by atoms with Gasteiger partial charge in [0.1, 0.15) is 11.2 Å². The van der Waals surface area contributed by atoms with Gasteiger partial charge in [-0.2, -0.15) is 9.78 Å². The van der Waals surface area contributed by atoms with Gasteiger partial charge >= 0.3 is 0 Å². The van der Waals surface area contributed by atoms with Crippen molar-refractivity contribution in [3.05, 3.63) is 86.2 Å². The molecule has 0 amide bonds. The van der Waals surface area contributed by atoms with Crippen molar-refractivity contribution in [3.63, 3.8) is 0 Å². The van der Waals surface area contributed by atoms with E-state index in [1.54, 1.807) is 6.21 Å². The molecule has 0 bridgehead atoms. The van der Waals surface area contributed by atoms with E-state index in [1.165, 1.54) is 27.9 Å². The highest BCUT2D eigenvalue weighted by atomic mass is 79.9. The Balaban J connectivity index is 1.82. The third kappa shape index (κ3) is 3.13. The van der Waals surface area contributed by atoms with E-state index in [4.69, 9.17) is 0 Å². The van der Waals surface area contributed by atoms with Gasteiger partial charge in [0.05, 0.1) is 11.6 Å². The van der Waals surface area contributed by atoms with Gasteiger partial charge in [0, 0.05) is 21.0 Å². The molecule has 0 radical (unpaired) electrons. The second kappa shape index (κ2) is 6.97. The predicted octanol–water partition coefficient (Wildman–Crippen LogP) is 5.08. The van der Waals surface area contributed by atoms with Crippen LogP contribution < -0.4 is 5.56 Å². The fraction of sp³-hybridized carbons (Fsp3) is 0.0500. The first-order valence-electron chi connectivity index (χ1n) is 7.98. The lowest BCUT2D eigenvalue weighted by atomic mass is 10.1. The van der Waals surface area contributed by atoms with E-state index < -0.39 is 0 Å². The highest BCUT2D eigenvalue weighted by Gasteiger charge is 2.13. The summed E-state index contributed by atoms with van der Waals surface area (Å²) in [6.07, 6.45) is 3.12. The van der Waals surface area contributed by atoms with Crippen molar-refractivity contribution in [2.75, 3.05) is 0 Å². The molecule has 0 N–H and O–H groups in total. The lowest BCUT2D eigenvalue weighted by Gasteiger charge is -2.02. The van der Waals surface area contributed by atoms with Crippen LogP contribution in [0, 0.1) is 6.92 Å². The summed E-state index contributed by atoms with van der Waals surface area (Å²) in [5.41, 5.74) is 3.81. The first-order valence-corrected chi connectivity index (χ1v) is 9.65. The Morgan fingerprint density at radius 1 is 1.15 bits per heavy atom. The standard InChI is InChI=1S/C20H14BrN3OS/c1-13-6-8-14(9-7-13)16-11-26-19-18(16)20(25)24(12-22-19)23-10-15-4-2-3-5-17(15)21/h2-12H,1H3/b23-10+. The number of hydrogen-bond donors (Lipinski definition) is 0. The van der Waals surface area contributed by atoms with Crippen LogP contribution in [0.2, 0.25) is 0 Å². The molecule has 0 aliphatic heterocycles. The molecule has 4 rings (SSSR count). The largest absolute Gasteiger partial charge is 0.283 e. The summed E-state index contributed by atoms with van der Waals surface area (Å²) in [5.74, 6) is 0. The van der Waals surface area contributed by atoms with E-state index >= 15 is 0 Å². The van der Waals surface area contributed by atoms with Crippen molar-refractivity contribution < 1.29 is 0 Å². The van der Waals surface area contributed by atoms with E-state index in [0.717, 1.165) is 26.0 Å². The van der Waals surface area contributed by atoms with Gasteiger partial charge in [-0.15, -0.1) is 11.3 Å². The number of rotatable bonds is 3. The number of aromatic nitrogens is 2. The molecule has 2 heterocycles. The fourth-order valence-corrected chi connectivity index (χ4v) is 3.95. The Kier molecular flexibility index (Phi) is 4.53. The Labute approximate surface area is 162 Å². The number of benzene rings is 2. The predicted molar refractivity (Wildman–Crippen MR) is 111 cm³/mol. The zero-order valence-electron chi connectivity index (χ0n) is 13.9. The molecule has 128 valence electrons. The van der Waals surface area contributed by atoms with Gasteiger partial charge in [-0.3, -0.25) is 4.79 Å². The molecule has 0 fully saturated rings. The average Bonchev–Trinajstić information content (AvgIpc) is 3.08. The fourth-order valence-electron chi connectivity index (χ4n) is 2.66. The van der Waals surface area contributed by atoms with Crippen molar-refractivity contribution in [2.45, 2.75) is 6.92 Å². The lowest BCUT2D eigenvalue weighted by Crippen LogP contribution is -2.16. The molecule has 0 atom stereocenters. The van der Waals surface area contributed by atoms with Crippen molar-refractivity contribution in [1.29, 1.82) is 0 Å². The van der Waals surface area contributed by atoms with E-state index in [1.807, 2.05) is 60.8 Å². The van der Waals surface area contributed by atoms with Crippen LogP contribution in [-0.4, -0.2) is 15.9 Å². The van der Waals surface area contributed by atoms with Crippen molar-refractivity contribution >= 4 is 43.7 Å². The number of thiophene rings is 1. The monoisotopic (exact) mass is 423 g/mol. The maximum absolute atomic E-state index is 13.0. The Bertz CT molecular complexity index is 1180. The normalized spacial score (nSPS) is 11.5. The minimum absolute atomic E-state index is 0.171. The van der Waals surface area contributed by atoms with Crippen LogP contribution in [0.25, 0.3) is 21.3 Å². The summed E-state index contributed by atoms with van der Waals surface area (Å²) in [7, 11) is 0. The molecule has 0 spiro atoms. The van der Waals surface area contributed by atoms with Crippen LogP contribution in [0.3, 0.4) is 0 Å². The molecule has 0 aliphatic rings. The summed E-state index contributed by atoms with van der Waals surface area (Å²) in [6, 6.07) is 15.8. The summed E-state index contributed by atoms with van der Waals surface area (Å²) in [6.45, 7) is 2.04. The van der Waals surface area contributed by atoms with E-state index in [-0.39, 0.29) is 5.56 Å².